The van der Waals surface area contributed by atoms with Crippen LogP contribution in [0.2, 0.25) is 5.02 Å². The summed E-state index contributed by atoms with van der Waals surface area (Å²) in [6.45, 7) is 4.13. The molecule has 2 heterocycles. The maximum atomic E-state index is 12.9. The van der Waals surface area contributed by atoms with Crippen molar-refractivity contribution in [3.63, 3.8) is 0 Å². The molecule has 1 aromatic heterocycles. The first-order valence-electron chi connectivity index (χ1n) is 9.49. The molecule has 1 saturated heterocycles. The average Bonchev–Trinajstić information content (AvgIpc) is 3.23. The van der Waals surface area contributed by atoms with Crippen molar-refractivity contribution in [2.75, 3.05) is 29.9 Å². The second kappa shape index (κ2) is 8.88. The van der Waals surface area contributed by atoms with Crippen LogP contribution in [-0.4, -0.2) is 50.4 Å². The Morgan fingerprint density at radius 3 is 2.69 bits per heavy atom. The second-order valence-corrected chi connectivity index (χ2v) is 8.53. The van der Waals surface area contributed by atoms with E-state index in [0.29, 0.717) is 11.6 Å². The van der Waals surface area contributed by atoms with Gasteiger partial charge in [-0.25, -0.2) is 4.68 Å². The number of hydrogen-bond donors (Lipinski definition) is 1. The fraction of sp³-hybridized carbons (Fsp3) is 0.286. The van der Waals surface area contributed by atoms with Gasteiger partial charge in [0.05, 0.1) is 18.4 Å². The van der Waals surface area contributed by atoms with Gasteiger partial charge in [-0.2, -0.15) is 11.8 Å². The summed E-state index contributed by atoms with van der Waals surface area (Å²) in [4.78, 5) is 14.8. The third kappa shape index (κ3) is 4.57. The fourth-order valence-electron chi connectivity index (χ4n) is 3.28. The van der Waals surface area contributed by atoms with Crippen molar-refractivity contribution in [3.05, 3.63) is 70.5 Å². The van der Waals surface area contributed by atoms with Crippen LogP contribution in [0.15, 0.2) is 48.7 Å². The highest BCUT2D eigenvalue weighted by molar-refractivity contribution is 7.99. The van der Waals surface area contributed by atoms with E-state index < -0.39 is 0 Å². The summed E-state index contributed by atoms with van der Waals surface area (Å²) in [5.41, 5.74) is 4.36. The molecule has 0 atom stereocenters. The fourth-order valence-corrected chi connectivity index (χ4v) is 4.31. The standard InChI is InChI=1S/C21H22ClN5OS/c1-15-19(21(28)26-9-11-29-12-10-26)3-2-4-20(15)23-13-17-14-27(25-24-17)18-7-5-16(22)6-8-18/h2-8,14,23H,9-13H2,1H3. The molecule has 0 bridgehead atoms. The molecule has 2 aromatic carbocycles. The monoisotopic (exact) mass is 427 g/mol. The average molecular weight is 428 g/mol. The Balaban J connectivity index is 1.45. The van der Waals surface area contributed by atoms with Crippen molar-refractivity contribution < 1.29 is 4.79 Å². The zero-order valence-corrected chi connectivity index (χ0v) is 17.7. The van der Waals surface area contributed by atoms with E-state index >= 15 is 0 Å². The largest absolute Gasteiger partial charge is 0.379 e. The lowest BCUT2D eigenvalue weighted by molar-refractivity contribution is 0.0771. The highest BCUT2D eigenvalue weighted by atomic mass is 35.5. The van der Waals surface area contributed by atoms with Crippen LogP contribution in [0.1, 0.15) is 21.6 Å². The molecular weight excluding hydrogens is 406 g/mol. The van der Waals surface area contributed by atoms with Gasteiger partial charge in [-0.15, -0.1) is 5.10 Å². The molecule has 0 saturated carbocycles. The van der Waals surface area contributed by atoms with Crippen LogP contribution in [0.5, 0.6) is 0 Å². The van der Waals surface area contributed by atoms with E-state index in [1.54, 1.807) is 4.68 Å². The van der Waals surface area contributed by atoms with E-state index in [0.717, 1.165) is 52.8 Å². The number of thioether (sulfide) groups is 1. The Morgan fingerprint density at radius 2 is 1.93 bits per heavy atom. The van der Waals surface area contributed by atoms with E-state index in [1.807, 2.05) is 72.2 Å². The SMILES string of the molecule is Cc1c(NCc2cn(-c3ccc(Cl)cc3)nn2)cccc1C(=O)N1CCSCC1. The van der Waals surface area contributed by atoms with Gasteiger partial charge in [0.15, 0.2) is 0 Å². The molecule has 1 aliphatic heterocycles. The van der Waals surface area contributed by atoms with E-state index in [2.05, 4.69) is 15.6 Å². The summed E-state index contributed by atoms with van der Waals surface area (Å²) in [5.74, 6) is 2.12. The maximum Gasteiger partial charge on any atom is 0.254 e. The van der Waals surface area contributed by atoms with Crippen LogP contribution in [0, 0.1) is 6.92 Å². The molecule has 29 heavy (non-hydrogen) atoms. The molecule has 0 aliphatic carbocycles. The predicted octanol–water partition coefficient (Wildman–Crippen LogP) is 4.03. The zero-order valence-electron chi connectivity index (χ0n) is 16.1. The minimum atomic E-state index is 0.111. The van der Waals surface area contributed by atoms with Crippen molar-refractivity contribution in [2.24, 2.45) is 0 Å². The predicted molar refractivity (Wildman–Crippen MR) is 118 cm³/mol. The van der Waals surface area contributed by atoms with E-state index in [1.165, 1.54) is 0 Å². The van der Waals surface area contributed by atoms with Crippen LogP contribution in [0.25, 0.3) is 5.69 Å². The maximum absolute atomic E-state index is 12.9. The Bertz CT molecular complexity index is 999. The Labute approximate surface area is 179 Å². The van der Waals surface area contributed by atoms with Gasteiger partial charge >= 0.3 is 0 Å². The number of carbonyl (C=O) groups is 1. The molecular formula is C21H22ClN5OS. The Kier molecular flexibility index (Phi) is 6.06. The summed E-state index contributed by atoms with van der Waals surface area (Å²) in [6.07, 6.45) is 1.88. The summed E-state index contributed by atoms with van der Waals surface area (Å²) in [7, 11) is 0. The molecule has 8 heteroatoms. The molecule has 1 amide bonds. The van der Waals surface area contributed by atoms with Gasteiger partial charge in [-0.1, -0.05) is 22.9 Å². The normalized spacial score (nSPS) is 14.1. The molecule has 3 aromatic rings. The van der Waals surface area contributed by atoms with Crippen molar-refractivity contribution in [2.45, 2.75) is 13.5 Å². The first-order chi connectivity index (χ1) is 14.1. The third-order valence-corrected chi connectivity index (χ3v) is 6.15. The number of rotatable bonds is 5. The van der Waals surface area contributed by atoms with Gasteiger partial charge in [-0.3, -0.25) is 4.79 Å². The number of carbonyl (C=O) groups excluding carboxylic acids is 1. The number of anilines is 1. The topological polar surface area (TPSA) is 63.1 Å². The molecule has 4 rings (SSSR count). The van der Waals surface area contributed by atoms with E-state index in [-0.39, 0.29) is 5.91 Å². The quantitative estimate of drug-likeness (QED) is 0.666. The Morgan fingerprint density at radius 1 is 1.17 bits per heavy atom. The second-order valence-electron chi connectivity index (χ2n) is 6.87. The van der Waals surface area contributed by atoms with Crippen molar-refractivity contribution in [1.82, 2.24) is 19.9 Å². The van der Waals surface area contributed by atoms with Crippen LogP contribution in [0.4, 0.5) is 5.69 Å². The minimum absolute atomic E-state index is 0.111. The van der Waals surface area contributed by atoms with E-state index in [9.17, 15) is 4.79 Å². The molecule has 1 aliphatic rings. The highest BCUT2D eigenvalue weighted by Crippen LogP contribution is 2.22. The first-order valence-corrected chi connectivity index (χ1v) is 11.0. The lowest BCUT2D eigenvalue weighted by Gasteiger charge is -2.27. The lowest BCUT2D eigenvalue weighted by Crippen LogP contribution is -2.38. The van der Waals surface area contributed by atoms with Gasteiger partial charge in [0.2, 0.25) is 0 Å². The number of amides is 1. The molecule has 6 nitrogen and oxygen atoms in total. The van der Waals surface area contributed by atoms with Crippen molar-refractivity contribution >= 4 is 35.0 Å². The summed E-state index contributed by atoms with van der Waals surface area (Å²) in [5, 5.41) is 12.5. The van der Waals surface area contributed by atoms with Gasteiger partial charge in [0, 0.05) is 40.9 Å². The van der Waals surface area contributed by atoms with Gasteiger partial charge < -0.3 is 10.2 Å². The summed E-state index contributed by atoms with van der Waals surface area (Å²) < 4.78 is 1.72. The minimum Gasteiger partial charge on any atom is -0.379 e. The molecule has 0 unspecified atom stereocenters. The highest BCUT2D eigenvalue weighted by Gasteiger charge is 2.20. The number of hydrogen-bond acceptors (Lipinski definition) is 5. The van der Waals surface area contributed by atoms with Crippen LogP contribution < -0.4 is 5.32 Å². The lowest BCUT2D eigenvalue weighted by atomic mass is 10.1. The van der Waals surface area contributed by atoms with Crippen molar-refractivity contribution in [1.29, 1.82) is 0 Å². The number of aromatic nitrogens is 3. The number of nitrogens with zero attached hydrogens (tertiary/aromatic N) is 4. The number of halogens is 1. The molecule has 1 fully saturated rings. The number of benzene rings is 2. The smallest absolute Gasteiger partial charge is 0.254 e. The zero-order chi connectivity index (χ0) is 20.2. The summed E-state index contributed by atoms with van der Waals surface area (Å²) in [6, 6.07) is 13.3. The molecule has 0 radical (unpaired) electrons. The van der Waals surface area contributed by atoms with Crippen LogP contribution in [-0.2, 0) is 6.54 Å². The van der Waals surface area contributed by atoms with Gasteiger partial charge in [-0.05, 0) is 48.9 Å². The number of nitrogens with one attached hydrogen (secondary N) is 1. The van der Waals surface area contributed by atoms with Gasteiger partial charge in [0.25, 0.3) is 5.91 Å². The summed E-state index contributed by atoms with van der Waals surface area (Å²) >= 11 is 7.84. The van der Waals surface area contributed by atoms with Crippen LogP contribution >= 0.6 is 23.4 Å². The Hall–Kier alpha value is -2.51. The third-order valence-electron chi connectivity index (χ3n) is 4.95. The molecule has 0 spiro atoms. The van der Waals surface area contributed by atoms with E-state index in [4.69, 9.17) is 11.6 Å². The molecule has 1 N–H and O–H groups in total. The molecule has 150 valence electrons. The van der Waals surface area contributed by atoms with Crippen molar-refractivity contribution in [3.8, 4) is 5.69 Å². The van der Waals surface area contributed by atoms with Gasteiger partial charge in [0.1, 0.15) is 5.69 Å². The first kappa shape index (κ1) is 19.8. The van der Waals surface area contributed by atoms with Crippen LogP contribution in [0.3, 0.4) is 0 Å².